The molecule has 0 amide bonds. The fourth-order valence-corrected chi connectivity index (χ4v) is 2.72. The minimum absolute atomic E-state index is 0.0950. The van der Waals surface area contributed by atoms with E-state index in [9.17, 15) is 9.90 Å². The van der Waals surface area contributed by atoms with Gasteiger partial charge in [-0.25, -0.2) is 4.79 Å². The molecule has 0 saturated carbocycles. The highest BCUT2D eigenvalue weighted by Gasteiger charge is 2.19. The minimum atomic E-state index is -0.518. The fraction of sp³-hybridized carbons (Fsp3) is 0.200. The first-order valence-electron chi connectivity index (χ1n) is 8.15. The number of aryl methyl sites for hydroxylation is 1. The van der Waals surface area contributed by atoms with E-state index >= 15 is 0 Å². The van der Waals surface area contributed by atoms with Gasteiger partial charge in [-0.2, -0.15) is 0 Å². The summed E-state index contributed by atoms with van der Waals surface area (Å²) in [5.41, 5.74) is 2.61. The number of aliphatic hydroxyl groups is 1. The monoisotopic (exact) mass is 336 g/mol. The van der Waals surface area contributed by atoms with Gasteiger partial charge < -0.3 is 15.2 Å². The number of allylic oxidation sites excluding steroid dienone is 3. The van der Waals surface area contributed by atoms with Crippen LogP contribution in [-0.4, -0.2) is 22.6 Å². The van der Waals surface area contributed by atoms with E-state index in [-0.39, 0.29) is 11.5 Å². The number of nitrogens with zero attached hydrogens (tertiary/aromatic N) is 1. The van der Waals surface area contributed by atoms with Crippen LogP contribution in [0, 0.1) is 6.92 Å². The maximum Gasteiger partial charge on any atom is 0.346 e. The Kier molecular flexibility index (Phi) is 4.84. The molecule has 1 aromatic carbocycles. The van der Waals surface area contributed by atoms with Crippen LogP contribution in [0.15, 0.2) is 60.7 Å². The zero-order chi connectivity index (χ0) is 17.8. The number of rotatable bonds is 5. The minimum Gasteiger partial charge on any atom is -0.508 e. The van der Waals surface area contributed by atoms with Crippen molar-refractivity contribution < 1.29 is 14.6 Å². The summed E-state index contributed by atoms with van der Waals surface area (Å²) in [5, 5.41) is 13.9. The number of aromatic nitrogens is 1. The van der Waals surface area contributed by atoms with Gasteiger partial charge in [-0.15, -0.1) is 6.58 Å². The molecule has 0 spiro atoms. The Bertz CT molecular complexity index is 897. The van der Waals surface area contributed by atoms with Crippen molar-refractivity contribution in [3.05, 3.63) is 71.8 Å². The van der Waals surface area contributed by atoms with Gasteiger partial charge >= 0.3 is 5.97 Å². The number of benzene rings is 1. The number of anilines is 1. The van der Waals surface area contributed by atoms with E-state index in [1.54, 1.807) is 18.3 Å². The summed E-state index contributed by atoms with van der Waals surface area (Å²) >= 11 is 0. The van der Waals surface area contributed by atoms with Gasteiger partial charge in [0, 0.05) is 18.4 Å². The van der Waals surface area contributed by atoms with E-state index in [2.05, 4.69) is 16.9 Å². The molecule has 5 heteroatoms. The van der Waals surface area contributed by atoms with Crippen LogP contribution in [-0.2, 0) is 4.74 Å². The molecule has 0 fully saturated rings. The molecule has 1 aromatic heterocycles. The van der Waals surface area contributed by atoms with Crippen molar-refractivity contribution in [1.82, 2.24) is 4.98 Å². The lowest BCUT2D eigenvalue weighted by Crippen LogP contribution is -2.10. The molecule has 5 nitrogen and oxygen atoms in total. The number of nitrogens with one attached hydrogen (secondary N) is 1. The summed E-state index contributed by atoms with van der Waals surface area (Å²) in [4.78, 5) is 17.1. The van der Waals surface area contributed by atoms with Gasteiger partial charge in [0.05, 0.1) is 23.0 Å². The third kappa shape index (κ3) is 3.55. The van der Waals surface area contributed by atoms with Crippen molar-refractivity contribution in [2.45, 2.75) is 19.8 Å². The van der Waals surface area contributed by atoms with Gasteiger partial charge in [0.15, 0.2) is 5.76 Å². The van der Waals surface area contributed by atoms with Crippen LogP contribution in [0.1, 0.15) is 28.8 Å². The Morgan fingerprint density at radius 1 is 1.48 bits per heavy atom. The van der Waals surface area contributed by atoms with E-state index in [0.717, 1.165) is 23.1 Å². The van der Waals surface area contributed by atoms with Crippen LogP contribution in [0.25, 0.3) is 10.9 Å². The van der Waals surface area contributed by atoms with Crippen LogP contribution >= 0.6 is 0 Å². The maximum atomic E-state index is 12.7. The second-order valence-electron chi connectivity index (χ2n) is 5.86. The highest BCUT2D eigenvalue weighted by molar-refractivity contribution is 6.05. The number of carbonyl (C=O) groups excluding carboxylic acids is 1. The maximum absolute atomic E-state index is 12.7. The van der Waals surface area contributed by atoms with Gasteiger partial charge in [0.2, 0.25) is 0 Å². The third-order valence-electron chi connectivity index (χ3n) is 4.02. The number of hydrogen-bond donors (Lipinski definition) is 2. The predicted octanol–water partition coefficient (Wildman–Crippen LogP) is 4.42. The topological polar surface area (TPSA) is 71.5 Å². The van der Waals surface area contributed by atoms with Crippen molar-refractivity contribution in [2.24, 2.45) is 0 Å². The first kappa shape index (κ1) is 16.8. The van der Waals surface area contributed by atoms with Crippen LogP contribution < -0.4 is 5.32 Å². The zero-order valence-electron chi connectivity index (χ0n) is 14.1. The summed E-state index contributed by atoms with van der Waals surface area (Å²) in [5.74, 6) is -0.218. The fourth-order valence-electron chi connectivity index (χ4n) is 2.72. The predicted molar refractivity (Wildman–Crippen MR) is 98.6 cm³/mol. The lowest BCUT2D eigenvalue weighted by molar-refractivity contribution is 0.0620. The number of hydrogen-bond acceptors (Lipinski definition) is 5. The Labute approximate surface area is 146 Å². The lowest BCUT2D eigenvalue weighted by atomic mass is 10.0. The Morgan fingerprint density at radius 2 is 2.32 bits per heavy atom. The highest BCUT2D eigenvalue weighted by atomic mass is 16.5. The molecule has 3 rings (SSSR count). The second-order valence-corrected chi connectivity index (χ2v) is 5.86. The average molecular weight is 336 g/mol. The first-order valence-corrected chi connectivity index (χ1v) is 8.15. The van der Waals surface area contributed by atoms with Crippen LogP contribution in [0.3, 0.4) is 0 Å². The molecule has 0 unspecified atom stereocenters. The Hall–Kier alpha value is -3.08. The molecule has 25 heavy (non-hydrogen) atoms. The SMILES string of the molecule is C=CCNc1cnc2c(C(=O)OC3=C(O)CCC=C3)c(C)ccc2c1. The van der Waals surface area contributed by atoms with E-state index in [1.807, 2.05) is 31.2 Å². The van der Waals surface area contributed by atoms with E-state index in [0.29, 0.717) is 24.0 Å². The number of esters is 1. The number of fused-ring (bicyclic) bond motifs is 1. The molecule has 2 aromatic rings. The van der Waals surface area contributed by atoms with Gasteiger partial charge in [-0.05, 0) is 31.1 Å². The molecule has 0 saturated heterocycles. The molecule has 1 aliphatic carbocycles. The normalized spacial score (nSPS) is 13.8. The zero-order valence-corrected chi connectivity index (χ0v) is 14.1. The van der Waals surface area contributed by atoms with Gasteiger partial charge in [0.25, 0.3) is 0 Å². The second kappa shape index (κ2) is 7.21. The van der Waals surface area contributed by atoms with Gasteiger partial charge in [-0.1, -0.05) is 24.3 Å². The standard InChI is InChI=1S/C20H20N2O3/c1-3-10-21-15-11-14-9-8-13(2)18(19(14)22-12-15)20(24)25-17-7-5-4-6-16(17)23/h3,5,7-9,11-12,21,23H,1,4,6,10H2,2H3. The van der Waals surface area contributed by atoms with Crippen molar-refractivity contribution >= 4 is 22.6 Å². The average Bonchev–Trinajstić information content (AvgIpc) is 2.61. The summed E-state index contributed by atoms with van der Waals surface area (Å²) in [7, 11) is 0. The van der Waals surface area contributed by atoms with Crippen LogP contribution in [0.4, 0.5) is 5.69 Å². The molecule has 0 radical (unpaired) electrons. The van der Waals surface area contributed by atoms with Crippen molar-refractivity contribution in [3.63, 3.8) is 0 Å². The van der Waals surface area contributed by atoms with E-state index < -0.39 is 5.97 Å². The molecule has 2 N–H and O–H groups in total. The summed E-state index contributed by atoms with van der Waals surface area (Å²) in [6, 6.07) is 5.72. The van der Waals surface area contributed by atoms with Crippen LogP contribution in [0.2, 0.25) is 0 Å². The van der Waals surface area contributed by atoms with Gasteiger partial charge in [0.1, 0.15) is 5.76 Å². The van der Waals surface area contributed by atoms with E-state index in [4.69, 9.17) is 4.74 Å². The van der Waals surface area contributed by atoms with E-state index in [1.165, 1.54) is 0 Å². The summed E-state index contributed by atoms with van der Waals surface area (Å²) in [6.07, 6.45) is 8.15. The molecule has 1 heterocycles. The quantitative estimate of drug-likeness (QED) is 0.625. The summed E-state index contributed by atoms with van der Waals surface area (Å²) < 4.78 is 5.41. The number of aliphatic hydroxyl groups excluding tert-OH is 1. The third-order valence-corrected chi connectivity index (χ3v) is 4.02. The smallest absolute Gasteiger partial charge is 0.346 e. The number of ether oxygens (including phenoxy) is 1. The van der Waals surface area contributed by atoms with Gasteiger partial charge in [-0.3, -0.25) is 4.98 Å². The van der Waals surface area contributed by atoms with Crippen molar-refractivity contribution in [1.29, 1.82) is 0 Å². The Morgan fingerprint density at radius 3 is 3.08 bits per heavy atom. The molecular weight excluding hydrogens is 316 g/mol. The lowest BCUT2D eigenvalue weighted by Gasteiger charge is -2.14. The molecule has 128 valence electrons. The van der Waals surface area contributed by atoms with Crippen molar-refractivity contribution in [2.75, 3.05) is 11.9 Å². The molecule has 1 aliphatic rings. The first-order chi connectivity index (χ1) is 12.1. The molecule has 0 aliphatic heterocycles. The summed E-state index contributed by atoms with van der Waals surface area (Å²) in [6.45, 7) is 6.15. The molecule has 0 atom stereocenters. The van der Waals surface area contributed by atoms with Crippen LogP contribution in [0.5, 0.6) is 0 Å². The number of carbonyl (C=O) groups is 1. The Balaban J connectivity index is 1.97. The molecular formula is C20H20N2O3. The number of pyridine rings is 1. The largest absolute Gasteiger partial charge is 0.508 e. The van der Waals surface area contributed by atoms with Crippen molar-refractivity contribution in [3.8, 4) is 0 Å². The molecule has 0 bridgehead atoms. The highest BCUT2D eigenvalue weighted by Crippen LogP contribution is 2.26.